The molecule has 1 unspecified atom stereocenters. The van der Waals surface area contributed by atoms with E-state index in [4.69, 9.17) is 4.74 Å². The first-order valence-electron chi connectivity index (χ1n) is 6.87. The van der Waals surface area contributed by atoms with E-state index in [0.29, 0.717) is 17.8 Å². The third kappa shape index (κ3) is 2.58. The molecule has 0 aliphatic carbocycles. The zero-order chi connectivity index (χ0) is 13.1. The topological polar surface area (TPSA) is 22.1 Å². The van der Waals surface area contributed by atoms with E-state index in [1.807, 2.05) is 12.4 Å². The number of pyridine rings is 1. The van der Waals surface area contributed by atoms with E-state index in [9.17, 15) is 0 Å². The lowest BCUT2D eigenvalue weighted by atomic mass is 9.79. The third-order valence-electron chi connectivity index (χ3n) is 3.74. The number of ether oxygens (including phenoxy) is 1. The van der Waals surface area contributed by atoms with Crippen LogP contribution in [0.3, 0.4) is 0 Å². The molecule has 0 spiro atoms. The normalized spacial score (nSPS) is 19.3. The molecule has 98 valence electrons. The first-order chi connectivity index (χ1) is 8.61. The molecule has 2 heteroatoms. The number of hydrogen-bond donors (Lipinski definition) is 0. The lowest BCUT2D eigenvalue weighted by Gasteiger charge is -2.28. The van der Waals surface area contributed by atoms with Crippen molar-refractivity contribution >= 4 is 6.08 Å². The van der Waals surface area contributed by atoms with Gasteiger partial charge in [0.1, 0.15) is 0 Å². The van der Waals surface area contributed by atoms with Crippen LogP contribution in [0, 0.1) is 5.92 Å². The van der Waals surface area contributed by atoms with Crippen molar-refractivity contribution in [2.75, 3.05) is 6.61 Å². The Kier molecular flexibility index (Phi) is 4.05. The molecule has 0 aromatic carbocycles. The van der Waals surface area contributed by atoms with Crippen LogP contribution in [0.5, 0.6) is 0 Å². The molecule has 2 nitrogen and oxygen atoms in total. The summed E-state index contributed by atoms with van der Waals surface area (Å²) in [5.41, 5.74) is 4.09. The summed E-state index contributed by atoms with van der Waals surface area (Å²) in [5.74, 6) is 1.70. The van der Waals surface area contributed by atoms with Crippen LogP contribution < -0.4 is 0 Å². The van der Waals surface area contributed by atoms with Crippen LogP contribution in [0.2, 0.25) is 0 Å². The summed E-state index contributed by atoms with van der Waals surface area (Å²) in [5, 5.41) is 0. The van der Waals surface area contributed by atoms with Crippen LogP contribution in [-0.2, 0) is 4.74 Å². The third-order valence-corrected chi connectivity index (χ3v) is 3.74. The molecule has 0 fully saturated rings. The summed E-state index contributed by atoms with van der Waals surface area (Å²) in [7, 11) is 0. The van der Waals surface area contributed by atoms with Gasteiger partial charge in [0, 0.05) is 12.4 Å². The van der Waals surface area contributed by atoms with Crippen molar-refractivity contribution in [3.8, 4) is 0 Å². The van der Waals surface area contributed by atoms with Crippen molar-refractivity contribution in [1.29, 1.82) is 0 Å². The summed E-state index contributed by atoms with van der Waals surface area (Å²) >= 11 is 0. The lowest BCUT2D eigenvalue weighted by Crippen LogP contribution is -2.15. The van der Waals surface area contributed by atoms with Crippen molar-refractivity contribution in [3.05, 3.63) is 35.3 Å². The van der Waals surface area contributed by atoms with E-state index >= 15 is 0 Å². The van der Waals surface area contributed by atoms with Gasteiger partial charge in [0.2, 0.25) is 0 Å². The van der Waals surface area contributed by atoms with Gasteiger partial charge in [0.25, 0.3) is 0 Å². The van der Waals surface area contributed by atoms with Gasteiger partial charge in [-0.15, -0.1) is 0 Å². The average molecular weight is 245 g/mol. The molecule has 2 rings (SSSR count). The van der Waals surface area contributed by atoms with Gasteiger partial charge in [-0.3, -0.25) is 4.98 Å². The van der Waals surface area contributed by atoms with Crippen LogP contribution in [0.25, 0.3) is 6.08 Å². The molecule has 0 saturated carbocycles. The fraction of sp³-hybridized carbons (Fsp3) is 0.562. The maximum atomic E-state index is 5.50. The second-order valence-electron chi connectivity index (χ2n) is 5.70. The summed E-state index contributed by atoms with van der Waals surface area (Å²) < 4.78 is 5.50. The molecular weight excluding hydrogens is 222 g/mol. The Hall–Kier alpha value is -1.31. The molecule has 18 heavy (non-hydrogen) atoms. The summed E-state index contributed by atoms with van der Waals surface area (Å²) in [6.45, 7) is 9.88. The number of nitrogens with zero attached hydrogens (tertiary/aromatic N) is 1. The summed E-state index contributed by atoms with van der Waals surface area (Å²) in [6, 6.07) is 0. The maximum Gasteiger partial charge on any atom is 0.0879 e. The maximum absolute atomic E-state index is 5.50. The Morgan fingerprint density at radius 1 is 1.22 bits per heavy atom. The Labute approximate surface area is 110 Å². The molecule has 0 bridgehead atoms. The van der Waals surface area contributed by atoms with Gasteiger partial charge < -0.3 is 4.74 Å². The van der Waals surface area contributed by atoms with Crippen molar-refractivity contribution in [3.63, 3.8) is 0 Å². The second kappa shape index (κ2) is 5.55. The number of hydrogen-bond acceptors (Lipinski definition) is 2. The van der Waals surface area contributed by atoms with Gasteiger partial charge in [0.15, 0.2) is 0 Å². The number of aromatic nitrogens is 1. The van der Waals surface area contributed by atoms with Gasteiger partial charge in [0.05, 0.1) is 12.9 Å². The smallest absolute Gasteiger partial charge is 0.0879 e. The Balaban J connectivity index is 2.58. The van der Waals surface area contributed by atoms with Crippen molar-refractivity contribution in [1.82, 2.24) is 4.98 Å². The van der Waals surface area contributed by atoms with Gasteiger partial charge in [-0.1, -0.05) is 27.7 Å². The molecule has 0 saturated heterocycles. The SMILES string of the molecule is CC(C)c1cncc2c1C(C(C)C)CCOC=C2. The first kappa shape index (κ1) is 13.1. The number of rotatable bonds is 2. The van der Waals surface area contributed by atoms with Crippen molar-refractivity contribution in [2.45, 2.75) is 46.0 Å². The minimum atomic E-state index is 0.516. The van der Waals surface area contributed by atoms with Crippen LogP contribution in [0.4, 0.5) is 0 Å². The number of fused-ring (bicyclic) bond motifs is 1. The van der Waals surface area contributed by atoms with E-state index in [-0.39, 0.29) is 0 Å². The minimum absolute atomic E-state index is 0.516. The van der Waals surface area contributed by atoms with Gasteiger partial charge in [-0.05, 0) is 46.9 Å². The second-order valence-corrected chi connectivity index (χ2v) is 5.70. The highest BCUT2D eigenvalue weighted by atomic mass is 16.5. The largest absolute Gasteiger partial charge is 0.501 e. The van der Waals surface area contributed by atoms with Crippen molar-refractivity contribution in [2.24, 2.45) is 5.92 Å². The highest BCUT2D eigenvalue weighted by molar-refractivity contribution is 5.56. The molecule has 1 aromatic heterocycles. The Morgan fingerprint density at radius 3 is 2.67 bits per heavy atom. The zero-order valence-electron chi connectivity index (χ0n) is 11.8. The fourth-order valence-electron chi connectivity index (χ4n) is 2.72. The van der Waals surface area contributed by atoms with E-state index in [2.05, 4.69) is 38.8 Å². The molecule has 1 atom stereocenters. The van der Waals surface area contributed by atoms with E-state index in [0.717, 1.165) is 13.0 Å². The zero-order valence-corrected chi connectivity index (χ0v) is 11.8. The molecule has 1 aliphatic rings. The molecule has 1 aromatic rings. The van der Waals surface area contributed by atoms with Crippen LogP contribution in [0.15, 0.2) is 18.7 Å². The fourth-order valence-corrected chi connectivity index (χ4v) is 2.72. The van der Waals surface area contributed by atoms with Crippen LogP contribution >= 0.6 is 0 Å². The molecule has 0 N–H and O–H groups in total. The van der Waals surface area contributed by atoms with Gasteiger partial charge in [-0.25, -0.2) is 0 Å². The minimum Gasteiger partial charge on any atom is -0.501 e. The molecule has 0 amide bonds. The molecule has 0 radical (unpaired) electrons. The monoisotopic (exact) mass is 245 g/mol. The highest BCUT2D eigenvalue weighted by Crippen LogP contribution is 2.37. The Morgan fingerprint density at radius 2 is 2.00 bits per heavy atom. The standard InChI is InChI=1S/C16H23NO/c1-11(2)14-6-8-18-7-5-13-9-17-10-15(12(3)4)16(13)14/h5,7,9-12,14H,6,8H2,1-4H3. The molecule has 1 aliphatic heterocycles. The van der Waals surface area contributed by atoms with Crippen LogP contribution in [0.1, 0.15) is 62.6 Å². The Bertz CT molecular complexity index is 435. The lowest BCUT2D eigenvalue weighted by molar-refractivity contribution is 0.225. The van der Waals surface area contributed by atoms with Gasteiger partial charge in [-0.2, -0.15) is 0 Å². The summed E-state index contributed by atoms with van der Waals surface area (Å²) in [6.07, 6.45) is 8.94. The van der Waals surface area contributed by atoms with Crippen molar-refractivity contribution < 1.29 is 4.74 Å². The average Bonchev–Trinajstić information content (AvgIpc) is 2.28. The van der Waals surface area contributed by atoms with Gasteiger partial charge >= 0.3 is 0 Å². The van der Waals surface area contributed by atoms with E-state index in [1.54, 1.807) is 6.26 Å². The predicted octanol–water partition coefficient (Wildman–Crippen LogP) is 4.34. The highest BCUT2D eigenvalue weighted by Gasteiger charge is 2.23. The van der Waals surface area contributed by atoms with Crippen LogP contribution in [-0.4, -0.2) is 11.6 Å². The summed E-state index contributed by atoms with van der Waals surface area (Å²) in [4.78, 5) is 4.38. The van der Waals surface area contributed by atoms with E-state index in [1.165, 1.54) is 16.7 Å². The molecule has 2 heterocycles. The quantitative estimate of drug-likeness (QED) is 0.773. The predicted molar refractivity (Wildman–Crippen MR) is 75.5 cm³/mol. The van der Waals surface area contributed by atoms with E-state index < -0.39 is 0 Å². The molecular formula is C16H23NO. The first-order valence-corrected chi connectivity index (χ1v) is 6.87.